The van der Waals surface area contributed by atoms with Crippen molar-refractivity contribution in [3.05, 3.63) is 72.2 Å². The van der Waals surface area contributed by atoms with E-state index in [-0.39, 0.29) is 53.5 Å². The van der Waals surface area contributed by atoms with E-state index in [2.05, 4.69) is 10.3 Å². The summed E-state index contributed by atoms with van der Waals surface area (Å²) < 4.78 is 52.7. The number of carbonyl (C=O) groups is 1. The van der Waals surface area contributed by atoms with E-state index in [1.165, 1.54) is 4.31 Å². The molecule has 3 fully saturated rings. The smallest absolute Gasteiger partial charge is 0.407 e. The number of alkyl carbamates (subject to hydrolysis) is 1. The van der Waals surface area contributed by atoms with E-state index in [1.54, 1.807) is 30.5 Å². The van der Waals surface area contributed by atoms with Crippen molar-refractivity contribution >= 4 is 16.1 Å². The normalized spacial score (nSPS) is 24.7. The number of sulfonamides is 1. The molecule has 2 bridgehead atoms. The number of hydrogen-bond donors (Lipinski definition) is 1. The number of ether oxygens (including phenoxy) is 3. The highest BCUT2D eigenvalue weighted by Crippen LogP contribution is 2.49. The molecule has 3 aromatic rings. The lowest BCUT2D eigenvalue weighted by molar-refractivity contribution is -0.169. The minimum absolute atomic E-state index is 0.104. The lowest BCUT2D eigenvalue weighted by Crippen LogP contribution is -2.44. The van der Waals surface area contributed by atoms with Crippen LogP contribution >= 0.6 is 0 Å². The molecule has 6 rings (SSSR count). The van der Waals surface area contributed by atoms with Crippen molar-refractivity contribution in [1.29, 1.82) is 0 Å². The van der Waals surface area contributed by atoms with Gasteiger partial charge >= 0.3 is 6.09 Å². The lowest BCUT2D eigenvalue weighted by atomic mass is 9.98. The predicted octanol–water partition coefficient (Wildman–Crippen LogP) is 5.29. The third-order valence-electron chi connectivity index (χ3n) is 9.11. The molecule has 242 valence electrons. The Labute approximate surface area is 265 Å². The number of nitrogens with zero attached hydrogens (tertiary/aromatic N) is 2. The largest absolute Gasteiger partial charge is 0.445 e. The lowest BCUT2D eigenvalue weighted by Gasteiger charge is -2.29. The van der Waals surface area contributed by atoms with Gasteiger partial charge in [0.15, 0.2) is 17.9 Å². The molecule has 11 heteroatoms. The number of aryl methyl sites for hydroxylation is 1. The standard InChI is InChI=1S/C34H43N3O7S/c1-4-31-35-18-30(43-31)24-10-12-27(13-11-24)45(39,40)37(19-22(2)3)15-14-26(16-23-8-6-5-7-9-23)36-34(38)44-32-25-17-28-29(32)21-42-33(28)41-20-25/h5-13,18,22,25-26,28-29,32-33H,4,14-17,19-21H2,1-3H3,(H,36,38)/t25?,26-,28?,29?,32?,33?/m1/s1. The van der Waals surface area contributed by atoms with Crippen LogP contribution in [0.5, 0.6) is 0 Å². The second kappa shape index (κ2) is 13.6. The summed E-state index contributed by atoms with van der Waals surface area (Å²) in [5.74, 6) is 1.94. The molecule has 2 aliphatic heterocycles. The predicted molar refractivity (Wildman–Crippen MR) is 168 cm³/mol. The quantitative estimate of drug-likeness (QED) is 0.269. The number of benzene rings is 2. The fourth-order valence-electron chi connectivity index (χ4n) is 6.86. The van der Waals surface area contributed by atoms with Crippen molar-refractivity contribution < 1.29 is 31.8 Å². The van der Waals surface area contributed by atoms with Gasteiger partial charge in [0.1, 0.15) is 6.10 Å². The zero-order chi connectivity index (χ0) is 31.6. The molecular weight excluding hydrogens is 594 g/mol. The first-order chi connectivity index (χ1) is 21.7. The van der Waals surface area contributed by atoms with E-state index in [0.29, 0.717) is 50.7 Å². The van der Waals surface area contributed by atoms with Gasteiger partial charge in [-0.2, -0.15) is 4.31 Å². The molecule has 0 radical (unpaired) electrons. The number of fused-ring (bicyclic) bond motifs is 1. The van der Waals surface area contributed by atoms with E-state index in [0.717, 1.165) is 17.5 Å². The van der Waals surface area contributed by atoms with Crippen LogP contribution in [0.15, 0.2) is 70.1 Å². The maximum atomic E-state index is 13.9. The molecule has 45 heavy (non-hydrogen) atoms. The first-order valence-electron chi connectivity index (χ1n) is 16.0. The molecular formula is C34H43N3O7S. The second-order valence-corrected chi connectivity index (χ2v) is 14.7. The number of rotatable bonds is 13. The first kappa shape index (κ1) is 31.7. The van der Waals surface area contributed by atoms with Crippen LogP contribution in [0.3, 0.4) is 0 Å². The van der Waals surface area contributed by atoms with Gasteiger partial charge in [-0.3, -0.25) is 0 Å². The Bertz CT molecular complexity index is 1540. The van der Waals surface area contributed by atoms with Crippen LogP contribution in [0.4, 0.5) is 4.79 Å². The molecule has 1 amide bonds. The minimum atomic E-state index is -3.81. The van der Waals surface area contributed by atoms with Gasteiger partial charge in [0.25, 0.3) is 0 Å². The fourth-order valence-corrected chi connectivity index (χ4v) is 8.48. The van der Waals surface area contributed by atoms with Crippen LogP contribution in [0.2, 0.25) is 0 Å². The van der Waals surface area contributed by atoms with Crippen LogP contribution in [0, 0.1) is 23.7 Å². The van der Waals surface area contributed by atoms with Gasteiger partial charge in [-0.1, -0.05) is 51.1 Å². The zero-order valence-electron chi connectivity index (χ0n) is 26.1. The number of carbonyl (C=O) groups excluding carboxylic acids is 1. The summed E-state index contributed by atoms with van der Waals surface area (Å²) in [6, 6.07) is 16.3. The van der Waals surface area contributed by atoms with Crippen LogP contribution in [0.1, 0.15) is 45.1 Å². The van der Waals surface area contributed by atoms with Gasteiger partial charge in [-0.15, -0.1) is 0 Å². The van der Waals surface area contributed by atoms with E-state index in [4.69, 9.17) is 18.6 Å². The highest BCUT2D eigenvalue weighted by atomic mass is 32.2. The summed E-state index contributed by atoms with van der Waals surface area (Å²) >= 11 is 0. The number of nitrogens with one attached hydrogen (secondary N) is 1. The van der Waals surface area contributed by atoms with Crippen molar-refractivity contribution in [1.82, 2.24) is 14.6 Å². The molecule has 6 atom stereocenters. The summed E-state index contributed by atoms with van der Waals surface area (Å²) in [7, 11) is -3.81. The molecule has 10 nitrogen and oxygen atoms in total. The monoisotopic (exact) mass is 637 g/mol. The van der Waals surface area contributed by atoms with Crippen molar-refractivity contribution in [3.63, 3.8) is 0 Å². The van der Waals surface area contributed by atoms with Crippen molar-refractivity contribution in [2.45, 2.75) is 69.8 Å². The maximum absolute atomic E-state index is 13.9. The Morgan fingerprint density at radius 1 is 1.07 bits per heavy atom. The summed E-state index contributed by atoms with van der Waals surface area (Å²) in [6.07, 6.45) is 3.34. The van der Waals surface area contributed by atoms with E-state index in [9.17, 15) is 13.2 Å². The van der Waals surface area contributed by atoms with Gasteiger partial charge in [-0.05, 0) is 55.0 Å². The number of hydrogen-bond acceptors (Lipinski definition) is 8. The SMILES string of the molecule is CCc1ncc(-c2ccc(S(=O)(=O)N(CC[C@H](Cc3ccccc3)NC(=O)OC3C4COC5OCC3C5C4)CC(C)C)cc2)o1. The van der Waals surface area contributed by atoms with E-state index < -0.39 is 16.1 Å². The number of aromatic nitrogens is 1. The maximum Gasteiger partial charge on any atom is 0.407 e. The molecule has 3 aliphatic rings. The Kier molecular flexibility index (Phi) is 9.60. The van der Waals surface area contributed by atoms with E-state index >= 15 is 0 Å². The highest BCUT2D eigenvalue weighted by molar-refractivity contribution is 7.89. The molecule has 1 aliphatic carbocycles. The fraction of sp³-hybridized carbons (Fsp3) is 0.529. The van der Waals surface area contributed by atoms with Crippen molar-refractivity contribution in [2.24, 2.45) is 23.7 Å². The molecule has 1 aromatic heterocycles. The van der Waals surface area contributed by atoms with Crippen LogP contribution in [-0.4, -0.2) is 68.5 Å². The van der Waals surface area contributed by atoms with Gasteiger partial charge < -0.3 is 23.9 Å². The third kappa shape index (κ3) is 7.11. The zero-order valence-corrected chi connectivity index (χ0v) is 26.9. The van der Waals surface area contributed by atoms with Gasteiger partial charge in [0.2, 0.25) is 10.0 Å². The van der Waals surface area contributed by atoms with Crippen LogP contribution < -0.4 is 5.32 Å². The summed E-state index contributed by atoms with van der Waals surface area (Å²) in [4.78, 5) is 17.8. The average molecular weight is 638 g/mol. The molecule has 2 aromatic carbocycles. The Hall–Kier alpha value is -3.25. The molecule has 1 N–H and O–H groups in total. The third-order valence-corrected chi connectivity index (χ3v) is 11.0. The van der Waals surface area contributed by atoms with Crippen LogP contribution in [0.25, 0.3) is 11.3 Å². The number of amides is 1. The Morgan fingerprint density at radius 3 is 2.53 bits per heavy atom. The summed E-state index contributed by atoms with van der Waals surface area (Å²) in [5.41, 5.74) is 1.81. The van der Waals surface area contributed by atoms with Crippen molar-refractivity contribution in [3.8, 4) is 11.3 Å². The Morgan fingerprint density at radius 2 is 1.82 bits per heavy atom. The van der Waals surface area contributed by atoms with Gasteiger partial charge in [0, 0.05) is 48.9 Å². The molecule has 3 heterocycles. The summed E-state index contributed by atoms with van der Waals surface area (Å²) in [6.45, 7) is 7.62. The first-order valence-corrected chi connectivity index (χ1v) is 17.4. The molecule has 1 saturated carbocycles. The molecule has 2 saturated heterocycles. The van der Waals surface area contributed by atoms with Gasteiger partial charge in [-0.25, -0.2) is 18.2 Å². The van der Waals surface area contributed by atoms with E-state index in [1.807, 2.05) is 51.1 Å². The average Bonchev–Trinajstić information content (AvgIpc) is 3.74. The molecule has 0 spiro atoms. The minimum Gasteiger partial charge on any atom is -0.445 e. The topological polar surface area (TPSA) is 120 Å². The number of oxazole rings is 1. The highest BCUT2D eigenvalue weighted by Gasteiger charge is 2.56. The Balaban J connectivity index is 1.15. The second-order valence-electron chi connectivity index (χ2n) is 12.8. The van der Waals surface area contributed by atoms with Gasteiger partial charge in [0.05, 0.1) is 24.3 Å². The summed E-state index contributed by atoms with van der Waals surface area (Å²) in [5, 5.41) is 3.08. The van der Waals surface area contributed by atoms with Crippen LogP contribution in [-0.2, 0) is 37.1 Å². The molecule has 5 unspecified atom stereocenters. The van der Waals surface area contributed by atoms with Crippen molar-refractivity contribution in [2.75, 3.05) is 26.3 Å².